The second-order valence-corrected chi connectivity index (χ2v) is 5.44. The van der Waals surface area contributed by atoms with E-state index in [1.807, 2.05) is 32.9 Å². The van der Waals surface area contributed by atoms with Gasteiger partial charge in [-0.15, -0.1) is 0 Å². The zero-order valence-electron chi connectivity index (χ0n) is 11.7. The van der Waals surface area contributed by atoms with Crippen LogP contribution in [-0.4, -0.2) is 11.2 Å². The fraction of sp³-hybridized carbons (Fsp3) is 0.467. The van der Waals surface area contributed by atoms with Crippen molar-refractivity contribution in [2.45, 2.75) is 40.5 Å². The molecular formula is C15H19ClO3. The van der Waals surface area contributed by atoms with E-state index >= 15 is 0 Å². The Morgan fingerprint density at radius 1 is 1.32 bits per heavy atom. The summed E-state index contributed by atoms with van der Waals surface area (Å²) in [5, 5.41) is -0.341. The molecule has 0 aromatic heterocycles. The lowest BCUT2D eigenvalue weighted by Gasteiger charge is -2.16. The molecule has 0 spiro atoms. The van der Waals surface area contributed by atoms with Crippen molar-refractivity contribution < 1.29 is 14.3 Å². The summed E-state index contributed by atoms with van der Waals surface area (Å²) in [6.45, 7) is 7.27. The van der Waals surface area contributed by atoms with Gasteiger partial charge in [0.25, 0.3) is 0 Å². The van der Waals surface area contributed by atoms with Gasteiger partial charge in [-0.05, 0) is 60.5 Å². The van der Waals surface area contributed by atoms with Crippen LogP contribution in [0.2, 0.25) is 0 Å². The van der Waals surface area contributed by atoms with Crippen LogP contribution in [0.5, 0.6) is 5.75 Å². The van der Waals surface area contributed by atoms with Crippen LogP contribution < -0.4 is 4.74 Å². The van der Waals surface area contributed by atoms with Gasteiger partial charge in [-0.25, -0.2) is 0 Å². The Labute approximate surface area is 118 Å². The lowest BCUT2D eigenvalue weighted by atomic mass is 9.93. The monoisotopic (exact) mass is 282 g/mol. The molecular weight excluding hydrogens is 264 g/mol. The molecule has 1 aromatic rings. The molecule has 0 aliphatic rings. The highest BCUT2D eigenvalue weighted by Crippen LogP contribution is 2.28. The number of rotatable bonds is 5. The van der Waals surface area contributed by atoms with Crippen molar-refractivity contribution in [3.8, 4) is 5.75 Å². The van der Waals surface area contributed by atoms with Gasteiger partial charge in [0, 0.05) is 13.3 Å². The summed E-state index contributed by atoms with van der Waals surface area (Å²) < 4.78 is 5.26. The SMILES string of the molecule is CC(=O)Oc1cc(C)cc(C)c1CC(C)CC(=O)Cl. The molecule has 1 unspecified atom stereocenters. The van der Waals surface area contributed by atoms with Gasteiger partial charge >= 0.3 is 5.97 Å². The van der Waals surface area contributed by atoms with Gasteiger partial charge < -0.3 is 4.74 Å². The number of ether oxygens (including phenoxy) is 1. The van der Waals surface area contributed by atoms with E-state index in [1.54, 1.807) is 0 Å². The van der Waals surface area contributed by atoms with Crippen LogP contribution >= 0.6 is 11.6 Å². The number of halogens is 1. The average molecular weight is 283 g/mol. The smallest absolute Gasteiger partial charge is 0.308 e. The van der Waals surface area contributed by atoms with E-state index in [0.29, 0.717) is 18.6 Å². The highest BCUT2D eigenvalue weighted by atomic mass is 35.5. The molecule has 4 heteroatoms. The van der Waals surface area contributed by atoms with Gasteiger partial charge in [-0.3, -0.25) is 9.59 Å². The van der Waals surface area contributed by atoms with E-state index in [4.69, 9.17) is 16.3 Å². The lowest BCUT2D eigenvalue weighted by Crippen LogP contribution is -2.10. The summed E-state index contributed by atoms with van der Waals surface area (Å²) in [6.07, 6.45) is 0.974. The topological polar surface area (TPSA) is 43.4 Å². The van der Waals surface area contributed by atoms with Crippen molar-refractivity contribution in [3.05, 3.63) is 28.8 Å². The summed E-state index contributed by atoms with van der Waals surface area (Å²) in [7, 11) is 0. The Hall–Kier alpha value is -1.35. The molecule has 0 saturated heterocycles. The number of hydrogen-bond acceptors (Lipinski definition) is 3. The second-order valence-electron chi connectivity index (χ2n) is 5.02. The maximum Gasteiger partial charge on any atom is 0.308 e. The van der Waals surface area contributed by atoms with E-state index in [1.165, 1.54) is 6.92 Å². The molecule has 0 amide bonds. The number of hydrogen-bond donors (Lipinski definition) is 0. The molecule has 0 saturated carbocycles. The van der Waals surface area contributed by atoms with Crippen molar-refractivity contribution in [2.24, 2.45) is 5.92 Å². The molecule has 0 aliphatic heterocycles. The van der Waals surface area contributed by atoms with Crippen molar-refractivity contribution >= 4 is 22.8 Å². The minimum atomic E-state index is -0.341. The molecule has 0 heterocycles. The normalized spacial score (nSPS) is 12.1. The Kier molecular flexibility index (Phi) is 5.55. The molecule has 1 atom stereocenters. The van der Waals surface area contributed by atoms with Crippen molar-refractivity contribution in [1.82, 2.24) is 0 Å². The molecule has 0 radical (unpaired) electrons. The first kappa shape index (κ1) is 15.7. The van der Waals surface area contributed by atoms with Gasteiger partial charge in [0.2, 0.25) is 5.24 Å². The number of benzene rings is 1. The van der Waals surface area contributed by atoms with Crippen LogP contribution in [0.3, 0.4) is 0 Å². The van der Waals surface area contributed by atoms with Gasteiger partial charge in [-0.2, -0.15) is 0 Å². The number of esters is 1. The van der Waals surface area contributed by atoms with Crippen molar-refractivity contribution in [3.63, 3.8) is 0 Å². The standard InChI is InChI=1S/C15H19ClO3/c1-9-5-11(3)13(6-10(2)8-15(16)18)14(7-9)19-12(4)17/h5,7,10H,6,8H2,1-4H3. The summed E-state index contributed by atoms with van der Waals surface area (Å²) in [4.78, 5) is 22.1. The molecule has 1 aromatic carbocycles. The fourth-order valence-corrected chi connectivity index (χ4v) is 2.42. The first-order chi connectivity index (χ1) is 8.79. The van der Waals surface area contributed by atoms with Crippen molar-refractivity contribution in [1.29, 1.82) is 0 Å². The summed E-state index contributed by atoms with van der Waals surface area (Å²) in [5.74, 6) is 0.354. The second kappa shape index (κ2) is 6.71. The van der Waals surface area contributed by atoms with Crippen molar-refractivity contribution in [2.75, 3.05) is 0 Å². The van der Waals surface area contributed by atoms with Crippen LogP contribution in [0.4, 0.5) is 0 Å². The molecule has 19 heavy (non-hydrogen) atoms. The number of carbonyl (C=O) groups excluding carboxylic acids is 2. The third-order valence-electron chi connectivity index (χ3n) is 2.89. The number of carbonyl (C=O) groups is 2. The van der Waals surface area contributed by atoms with E-state index in [9.17, 15) is 9.59 Å². The average Bonchev–Trinajstić information content (AvgIpc) is 2.21. The van der Waals surface area contributed by atoms with E-state index < -0.39 is 0 Å². The third kappa shape index (κ3) is 5.03. The molecule has 104 valence electrons. The maximum atomic E-state index is 11.2. The van der Waals surface area contributed by atoms with Crippen LogP contribution in [0.25, 0.3) is 0 Å². The minimum Gasteiger partial charge on any atom is -0.426 e. The molecule has 0 aliphatic carbocycles. The Balaban J connectivity index is 3.03. The Morgan fingerprint density at radius 3 is 2.47 bits per heavy atom. The van der Waals surface area contributed by atoms with Crippen LogP contribution in [0, 0.1) is 19.8 Å². The highest BCUT2D eigenvalue weighted by Gasteiger charge is 2.15. The quantitative estimate of drug-likeness (QED) is 0.471. The summed E-state index contributed by atoms with van der Waals surface area (Å²) in [5.41, 5.74) is 3.06. The summed E-state index contributed by atoms with van der Waals surface area (Å²) >= 11 is 5.40. The third-order valence-corrected chi connectivity index (χ3v) is 3.05. The first-order valence-corrected chi connectivity index (χ1v) is 6.64. The van der Waals surface area contributed by atoms with Crippen LogP contribution in [-0.2, 0) is 16.0 Å². The van der Waals surface area contributed by atoms with Crippen LogP contribution in [0.1, 0.15) is 37.0 Å². The van der Waals surface area contributed by atoms with Gasteiger partial charge in [0.05, 0.1) is 0 Å². The van der Waals surface area contributed by atoms with Gasteiger partial charge in [0.1, 0.15) is 5.75 Å². The Morgan fingerprint density at radius 2 is 1.95 bits per heavy atom. The molecule has 0 N–H and O–H groups in total. The molecule has 1 rings (SSSR count). The zero-order chi connectivity index (χ0) is 14.6. The van der Waals surface area contributed by atoms with Crippen LogP contribution in [0.15, 0.2) is 12.1 Å². The molecule has 3 nitrogen and oxygen atoms in total. The predicted octanol–water partition coefficient (Wildman–Crippen LogP) is 3.56. The lowest BCUT2D eigenvalue weighted by molar-refractivity contribution is -0.132. The summed E-state index contributed by atoms with van der Waals surface area (Å²) in [6, 6.07) is 3.89. The minimum absolute atomic E-state index is 0.112. The molecule has 0 fully saturated rings. The largest absolute Gasteiger partial charge is 0.426 e. The van der Waals surface area contributed by atoms with Gasteiger partial charge in [0.15, 0.2) is 0 Å². The maximum absolute atomic E-state index is 11.2. The fourth-order valence-electron chi connectivity index (χ4n) is 2.16. The highest BCUT2D eigenvalue weighted by molar-refractivity contribution is 6.63. The predicted molar refractivity (Wildman–Crippen MR) is 75.6 cm³/mol. The number of aryl methyl sites for hydroxylation is 2. The Bertz CT molecular complexity index is 494. The first-order valence-electron chi connectivity index (χ1n) is 6.26. The van der Waals surface area contributed by atoms with E-state index in [2.05, 4.69) is 0 Å². The zero-order valence-corrected chi connectivity index (χ0v) is 12.5. The van der Waals surface area contributed by atoms with E-state index in [-0.39, 0.29) is 17.1 Å². The molecule has 0 bridgehead atoms. The van der Waals surface area contributed by atoms with E-state index in [0.717, 1.165) is 16.7 Å². The van der Waals surface area contributed by atoms with Gasteiger partial charge in [-0.1, -0.05) is 13.0 Å².